The smallest absolute Gasteiger partial charge is 0.254 e. The Morgan fingerprint density at radius 1 is 1.13 bits per heavy atom. The van der Waals surface area contributed by atoms with Crippen LogP contribution in [-0.4, -0.2) is 11.7 Å². The first kappa shape index (κ1) is 20.5. The van der Waals surface area contributed by atoms with E-state index >= 15 is 0 Å². The number of anilines is 1. The van der Waals surface area contributed by atoms with Crippen LogP contribution in [0.15, 0.2) is 69.5 Å². The van der Waals surface area contributed by atoms with Gasteiger partial charge in [0.25, 0.3) is 5.91 Å². The molecule has 0 saturated carbocycles. The van der Waals surface area contributed by atoms with Crippen molar-refractivity contribution in [3.8, 4) is 0 Å². The summed E-state index contributed by atoms with van der Waals surface area (Å²) < 4.78 is 28.2. The average Bonchev–Trinajstić information content (AvgIpc) is 2.70. The molecule has 1 heterocycles. The van der Waals surface area contributed by atoms with E-state index in [1.54, 1.807) is 6.92 Å². The van der Waals surface area contributed by atoms with Gasteiger partial charge < -0.3 is 10.6 Å². The van der Waals surface area contributed by atoms with E-state index in [-0.39, 0.29) is 11.5 Å². The van der Waals surface area contributed by atoms with Gasteiger partial charge in [0.1, 0.15) is 11.6 Å². The molecule has 2 aromatic rings. The van der Waals surface area contributed by atoms with Crippen LogP contribution in [0.2, 0.25) is 0 Å². The highest BCUT2D eigenvalue weighted by Crippen LogP contribution is 2.42. The van der Waals surface area contributed by atoms with Crippen molar-refractivity contribution in [3.63, 3.8) is 0 Å². The molecule has 1 aliphatic heterocycles. The van der Waals surface area contributed by atoms with Gasteiger partial charge in [-0.05, 0) is 49.6 Å². The van der Waals surface area contributed by atoms with Gasteiger partial charge in [-0.15, -0.1) is 0 Å². The second-order valence-electron chi connectivity index (χ2n) is 7.40. The molecule has 0 saturated heterocycles. The molecular formula is C23H19BrF2N2O2. The van der Waals surface area contributed by atoms with Gasteiger partial charge in [-0.3, -0.25) is 9.59 Å². The normalized spacial score (nSPS) is 18.8. The summed E-state index contributed by atoms with van der Waals surface area (Å²) >= 11 is 3.41. The summed E-state index contributed by atoms with van der Waals surface area (Å²) in [6, 6.07) is 10.4. The van der Waals surface area contributed by atoms with Gasteiger partial charge in [0.15, 0.2) is 5.78 Å². The lowest BCUT2D eigenvalue weighted by atomic mass is 9.75. The molecule has 30 heavy (non-hydrogen) atoms. The summed E-state index contributed by atoms with van der Waals surface area (Å²) in [6.07, 6.45) is 1.91. The maximum absolute atomic E-state index is 14.1. The Morgan fingerprint density at radius 3 is 2.57 bits per heavy atom. The van der Waals surface area contributed by atoms with Crippen LogP contribution in [0.1, 0.15) is 37.7 Å². The molecule has 1 unspecified atom stereocenters. The molecule has 0 spiro atoms. The van der Waals surface area contributed by atoms with Gasteiger partial charge >= 0.3 is 0 Å². The Balaban J connectivity index is 1.78. The number of hydrogen-bond acceptors (Lipinski definition) is 3. The lowest BCUT2D eigenvalue weighted by Gasteiger charge is -2.34. The third-order valence-corrected chi connectivity index (χ3v) is 5.93. The second-order valence-corrected chi connectivity index (χ2v) is 8.31. The van der Waals surface area contributed by atoms with Crippen LogP contribution in [0.25, 0.3) is 0 Å². The summed E-state index contributed by atoms with van der Waals surface area (Å²) in [6.45, 7) is 1.77. The van der Waals surface area contributed by atoms with E-state index in [0.717, 1.165) is 34.6 Å². The van der Waals surface area contributed by atoms with E-state index in [4.69, 9.17) is 0 Å². The molecule has 7 heteroatoms. The fourth-order valence-electron chi connectivity index (χ4n) is 4.05. The van der Waals surface area contributed by atoms with Crippen molar-refractivity contribution in [3.05, 3.63) is 86.7 Å². The molecule has 0 bridgehead atoms. The van der Waals surface area contributed by atoms with E-state index in [1.807, 2.05) is 24.3 Å². The molecule has 0 aromatic heterocycles. The standard InChI is InChI=1S/C23H19BrF2N2O2/c1-12-20(23(30)28-17-10-9-15(25)11-16(17)26)21(13-5-7-14(24)8-6-13)22-18(27-12)3-2-4-19(22)29/h5-11,21,27H,2-4H2,1H3,(H,28,30). The zero-order valence-corrected chi connectivity index (χ0v) is 17.8. The molecule has 2 N–H and O–H groups in total. The van der Waals surface area contributed by atoms with E-state index in [1.165, 1.54) is 6.07 Å². The van der Waals surface area contributed by atoms with Crippen molar-refractivity contribution in [2.24, 2.45) is 0 Å². The highest BCUT2D eigenvalue weighted by molar-refractivity contribution is 9.10. The lowest BCUT2D eigenvalue weighted by Crippen LogP contribution is -2.35. The third kappa shape index (κ3) is 3.81. The summed E-state index contributed by atoms with van der Waals surface area (Å²) in [7, 11) is 0. The molecule has 4 nitrogen and oxygen atoms in total. The van der Waals surface area contributed by atoms with Crippen molar-refractivity contribution in [2.45, 2.75) is 32.1 Å². The largest absolute Gasteiger partial charge is 0.362 e. The second kappa shape index (κ2) is 8.14. The molecule has 2 aromatic carbocycles. The summed E-state index contributed by atoms with van der Waals surface area (Å²) in [4.78, 5) is 26.1. The number of carbonyl (C=O) groups is 2. The first-order chi connectivity index (χ1) is 14.3. The number of hydrogen-bond donors (Lipinski definition) is 2. The molecule has 0 fully saturated rings. The van der Waals surface area contributed by atoms with Crippen LogP contribution in [0.3, 0.4) is 0 Å². The predicted octanol–water partition coefficient (Wildman–Crippen LogP) is 5.33. The fourth-order valence-corrected chi connectivity index (χ4v) is 4.32. The van der Waals surface area contributed by atoms with Crippen molar-refractivity contribution in [2.75, 3.05) is 5.32 Å². The zero-order valence-electron chi connectivity index (χ0n) is 16.2. The molecule has 1 aliphatic carbocycles. The number of nitrogens with one attached hydrogen (secondary N) is 2. The van der Waals surface area contributed by atoms with Crippen LogP contribution in [0.5, 0.6) is 0 Å². The average molecular weight is 473 g/mol. The number of Topliss-reactive ketones (excluding diaryl/α,β-unsaturated/α-hetero) is 1. The number of rotatable bonds is 3. The first-order valence-corrected chi connectivity index (χ1v) is 10.4. The maximum atomic E-state index is 14.1. The van der Waals surface area contributed by atoms with E-state index in [9.17, 15) is 18.4 Å². The van der Waals surface area contributed by atoms with Gasteiger partial charge in [-0.2, -0.15) is 0 Å². The van der Waals surface area contributed by atoms with Crippen molar-refractivity contribution < 1.29 is 18.4 Å². The highest BCUT2D eigenvalue weighted by atomic mass is 79.9. The highest BCUT2D eigenvalue weighted by Gasteiger charge is 2.38. The number of halogens is 3. The van der Waals surface area contributed by atoms with E-state index in [0.29, 0.717) is 29.3 Å². The third-order valence-electron chi connectivity index (χ3n) is 5.40. The first-order valence-electron chi connectivity index (χ1n) is 9.61. The minimum atomic E-state index is -0.862. The van der Waals surface area contributed by atoms with Crippen molar-refractivity contribution in [1.82, 2.24) is 5.32 Å². The van der Waals surface area contributed by atoms with Crippen molar-refractivity contribution >= 4 is 33.3 Å². The fraction of sp³-hybridized carbons (Fsp3) is 0.217. The van der Waals surface area contributed by atoms with Crippen LogP contribution in [-0.2, 0) is 9.59 Å². The topological polar surface area (TPSA) is 58.2 Å². The van der Waals surface area contributed by atoms with Gasteiger partial charge in [0.05, 0.1) is 5.69 Å². The quantitative estimate of drug-likeness (QED) is 0.634. The van der Waals surface area contributed by atoms with Gasteiger partial charge in [-0.1, -0.05) is 28.1 Å². The minimum absolute atomic E-state index is 0.00225. The summed E-state index contributed by atoms with van der Waals surface area (Å²) in [5.74, 6) is -2.69. The maximum Gasteiger partial charge on any atom is 0.254 e. The minimum Gasteiger partial charge on any atom is -0.362 e. The number of benzene rings is 2. The SMILES string of the molecule is CC1=C(C(=O)Nc2ccc(F)cc2F)C(c2ccc(Br)cc2)C2=C(CCCC2=O)N1. The van der Waals surface area contributed by atoms with Crippen LogP contribution < -0.4 is 10.6 Å². The van der Waals surface area contributed by atoms with Crippen LogP contribution >= 0.6 is 15.9 Å². The number of carbonyl (C=O) groups excluding carboxylic acids is 2. The summed E-state index contributed by atoms with van der Waals surface area (Å²) in [5, 5.41) is 5.75. The Bertz CT molecular complexity index is 1110. The molecule has 0 radical (unpaired) electrons. The lowest BCUT2D eigenvalue weighted by molar-refractivity contribution is -0.116. The zero-order chi connectivity index (χ0) is 21.4. The molecule has 1 amide bonds. The Morgan fingerprint density at radius 2 is 1.87 bits per heavy atom. The molecule has 1 atom stereocenters. The van der Waals surface area contributed by atoms with E-state index < -0.39 is 23.5 Å². The molecule has 2 aliphatic rings. The van der Waals surface area contributed by atoms with Gasteiger partial charge in [0, 0.05) is 45.4 Å². The van der Waals surface area contributed by atoms with Crippen LogP contribution in [0.4, 0.5) is 14.5 Å². The number of amides is 1. The van der Waals surface area contributed by atoms with Gasteiger partial charge in [-0.25, -0.2) is 8.78 Å². The Kier molecular flexibility index (Phi) is 5.56. The Hall–Kier alpha value is -2.80. The predicted molar refractivity (Wildman–Crippen MR) is 114 cm³/mol. The molecular weight excluding hydrogens is 454 g/mol. The number of allylic oxidation sites excluding steroid dienone is 3. The van der Waals surface area contributed by atoms with Crippen molar-refractivity contribution in [1.29, 1.82) is 0 Å². The Labute approximate surface area is 181 Å². The number of dihydropyridines is 1. The van der Waals surface area contributed by atoms with Gasteiger partial charge in [0.2, 0.25) is 0 Å². The van der Waals surface area contributed by atoms with Crippen LogP contribution in [0, 0.1) is 11.6 Å². The number of ketones is 1. The summed E-state index contributed by atoms with van der Waals surface area (Å²) in [5.41, 5.74) is 3.05. The van der Waals surface area contributed by atoms with E-state index in [2.05, 4.69) is 26.6 Å². The molecule has 154 valence electrons. The monoisotopic (exact) mass is 472 g/mol. The molecule has 4 rings (SSSR count).